The van der Waals surface area contributed by atoms with Gasteiger partial charge in [-0.15, -0.1) is 0 Å². The highest BCUT2D eigenvalue weighted by atomic mass is 32.2. The summed E-state index contributed by atoms with van der Waals surface area (Å²) in [6.45, 7) is 0.545. The molecule has 0 saturated heterocycles. The lowest BCUT2D eigenvalue weighted by Gasteiger charge is -2.08. The predicted molar refractivity (Wildman–Crippen MR) is 63.3 cm³/mol. The second-order valence-corrected chi connectivity index (χ2v) is 4.61. The minimum Gasteiger partial charge on any atom is -0.399 e. The van der Waals surface area contributed by atoms with Crippen molar-refractivity contribution in [3.05, 3.63) is 24.3 Å². The number of ether oxygens (including phenoxy) is 1. The summed E-state index contributed by atoms with van der Waals surface area (Å²) < 4.78 is 32.3. The van der Waals surface area contributed by atoms with Crippen molar-refractivity contribution in [3.8, 4) is 0 Å². The van der Waals surface area contributed by atoms with Gasteiger partial charge in [-0.05, 0) is 24.3 Å². The van der Waals surface area contributed by atoms with Crippen molar-refractivity contribution in [1.82, 2.24) is 4.72 Å². The van der Waals surface area contributed by atoms with E-state index in [-0.39, 0.29) is 6.54 Å². The maximum Gasteiger partial charge on any atom is 0.299 e. The zero-order valence-corrected chi connectivity index (χ0v) is 9.75. The van der Waals surface area contributed by atoms with E-state index in [4.69, 9.17) is 10.5 Å². The van der Waals surface area contributed by atoms with Gasteiger partial charge in [-0.1, -0.05) is 0 Å². The molecule has 4 N–H and O–H groups in total. The third kappa shape index (κ3) is 4.47. The third-order valence-electron chi connectivity index (χ3n) is 1.76. The molecule has 0 saturated carbocycles. The molecule has 0 amide bonds. The van der Waals surface area contributed by atoms with Crippen molar-refractivity contribution in [2.45, 2.75) is 0 Å². The van der Waals surface area contributed by atoms with Crippen LogP contribution in [0.2, 0.25) is 0 Å². The van der Waals surface area contributed by atoms with Crippen molar-refractivity contribution >= 4 is 21.6 Å². The standard InChI is InChI=1S/C9H15N3O3S/c1-15-7-6-11-16(13,14)12-9-4-2-8(10)3-5-9/h2-5,11-12H,6-7,10H2,1H3. The Bertz CT molecular complexity index is 416. The van der Waals surface area contributed by atoms with Gasteiger partial charge in [0.2, 0.25) is 0 Å². The van der Waals surface area contributed by atoms with Gasteiger partial charge in [0.25, 0.3) is 10.2 Å². The molecule has 0 spiro atoms. The van der Waals surface area contributed by atoms with Gasteiger partial charge < -0.3 is 10.5 Å². The van der Waals surface area contributed by atoms with E-state index >= 15 is 0 Å². The van der Waals surface area contributed by atoms with Crippen LogP contribution in [0.1, 0.15) is 0 Å². The minimum atomic E-state index is -3.54. The van der Waals surface area contributed by atoms with Crippen LogP contribution in [0, 0.1) is 0 Å². The summed E-state index contributed by atoms with van der Waals surface area (Å²) >= 11 is 0. The number of hydrogen-bond acceptors (Lipinski definition) is 4. The number of methoxy groups -OCH3 is 1. The van der Waals surface area contributed by atoms with Crippen molar-refractivity contribution in [3.63, 3.8) is 0 Å². The second-order valence-electron chi connectivity index (χ2n) is 3.11. The van der Waals surface area contributed by atoms with E-state index in [1.165, 1.54) is 7.11 Å². The number of rotatable bonds is 6. The molecule has 1 aromatic carbocycles. The Morgan fingerprint density at radius 2 is 1.94 bits per heavy atom. The summed E-state index contributed by atoms with van der Waals surface area (Å²) in [5.41, 5.74) is 6.52. The first-order valence-electron chi connectivity index (χ1n) is 4.65. The van der Waals surface area contributed by atoms with Crippen LogP contribution in [-0.2, 0) is 14.9 Å². The highest BCUT2D eigenvalue weighted by Gasteiger charge is 2.08. The largest absolute Gasteiger partial charge is 0.399 e. The normalized spacial score (nSPS) is 11.3. The number of nitrogen functional groups attached to an aromatic ring is 1. The lowest BCUT2D eigenvalue weighted by molar-refractivity contribution is 0.204. The van der Waals surface area contributed by atoms with Crippen LogP contribution in [-0.4, -0.2) is 28.7 Å². The van der Waals surface area contributed by atoms with E-state index in [0.717, 1.165) is 0 Å². The van der Waals surface area contributed by atoms with Gasteiger partial charge in [0.1, 0.15) is 0 Å². The van der Waals surface area contributed by atoms with E-state index in [0.29, 0.717) is 18.0 Å². The Morgan fingerprint density at radius 1 is 1.31 bits per heavy atom. The smallest absolute Gasteiger partial charge is 0.299 e. The van der Waals surface area contributed by atoms with Crippen LogP contribution in [0.5, 0.6) is 0 Å². The van der Waals surface area contributed by atoms with Crippen molar-refractivity contribution < 1.29 is 13.2 Å². The molecule has 0 aliphatic heterocycles. The molecule has 7 heteroatoms. The average molecular weight is 245 g/mol. The molecule has 1 aromatic rings. The molecule has 6 nitrogen and oxygen atoms in total. The Balaban J connectivity index is 2.55. The van der Waals surface area contributed by atoms with Gasteiger partial charge >= 0.3 is 0 Å². The van der Waals surface area contributed by atoms with E-state index < -0.39 is 10.2 Å². The van der Waals surface area contributed by atoms with Gasteiger partial charge in [-0.25, -0.2) is 0 Å². The molecule has 0 fully saturated rings. The van der Waals surface area contributed by atoms with Gasteiger partial charge in [-0.3, -0.25) is 4.72 Å². The van der Waals surface area contributed by atoms with E-state index in [1.807, 2.05) is 0 Å². The van der Waals surface area contributed by atoms with Gasteiger partial charge in [0.05, 0.1) is 6.61 Å². The van der Waals surface area contributed by atoms with Crippen molar-refractivity contribution in [2.24, 2.45) is 0 Å². The summed E-state index contributed by atoms with van der Waals surface area (Å²) in [5, 5.41) is 0. The quantitative estimate of drug-likeness (QED) is 0.491. The number of nitrogens with one attached hydrogen (secondary N) is 2. The molecule has 0 unspecified atom stereocenters. The Labute approximate surface area is 95.0 Å². The van der Waals surface area contributed by atoms with Gasteiger partial charge in [-0.2, -0.15) is 13.1 Å². The fourth-order valence-corrected chi connectivity index (χ4v) is 1.89. The molecular weight excluding hydrogens is 230 g/mol. The zero-order chi connectivity index (χ0) is 12.0. The van der Waals surface area contributed by atoms with E-state index in [9.17, 15) is 8.42 Å². The van der Waals surface area contributed by atoms with Gasteiger partial charge in [0, 0.05) is 25.0 Å². The minimum absolute atomic E-state index is 0.223. The first-order valence-corrected chi connectivity index (χ1v) is 6.14. The van der Waals surface area contributed by atoms with Gasteiger partial charge in [0.15, 0.2) is 0 Å². The van der Waals surface area contributed by atoms with Crippen LogP contribution in [0.4, 0.5) is 11.4 Å². The van der Waals surface area contributed by atoms with Crippen molar-refractivity contribution in [1.29, 1.82) is 0 Å². The lowest BCUT2D eigenvalue weighted by Crippen LogP contribution is -2.32. The first-order chi connectivity index (χ1) is 7.53. The molecule has 0 aliphatic carbocycles. The maximum absolute atomic E-state index is 11.5. The second kappa shape index (κ2) is 5.69. The number of anilines is 2. The van der Waals surface area contributed by atoms with Crippen LogP contribution in [0.25, 0.3) is 0 Å². The highest BCUT2D eigenvalue weighted by molar-refractivity contribution is 7.90. The van der Waals surface area contributed by atoms with Crippen LogP contribution >= 0.6 is 0 Å². The summed E-state index contributed by atoms with van der Waals surface area (Å²) in [6, 6.07) is 6.41. The summed E-state index contributed by atoms with van der Waals surface area (Å²) in [5.74, 6) is 0. The monoisotopic (exact) mass is 245 g/mol. The molecule has 1 rings (SSSR count). The SMILES string of the molecule is COCCNS(=O)(=O)Nc1ccc(N)cc1. The fourth-order valence-electron chi connectivity index (χ4n) is 1.02. The molecule has 0 aliphatic rings. The van der Waals surface area contributed by atoms with Crippen LogP contribution < -0.4 is 15.2 Å². The Kier molecular flexibility index (Phi) is 4.53. The summed E-state index contributed by atoms with van der Waals surface area (Å²) in [7, 11) is -2.04. The zero-order valence-electron chi connectivity index (χ0n) is 8.93. The summed E-state index contributed by atoms with van der Waals surface area (Å²) in [4.78, 5) is 0. The fraction of sp³-hybridized carbons (Fsp3) is 0.333. The first kappa shape index (κ1) is 12.8. The number of hydrogen-bond donors (Lipinski definition) is 3. The molecule has 16 heavy (non-hydrogen) atoms. The van der Waals surface area contributed by atoms with Crippen molar-refractivity contribution in [2.75, 3.05) is 30.7 Å². The number of nitrogens with two attached hydrogens (primary N) is 1. The topological polar surface area (TPSA) is 93.4 Å². The molecule has 90 valence electrons. The molecule has 0 radical (unpaired) electrons. The number of benzene rings is 1. The molecule has 0 atom stereocenters. The third-order valence-corrected chi connectivity index (χ3v) is 2.85. The maximum atomic E-state index is 11.5. The lowest BCUT2D eigenvalue weighted by atomic mass is 10.3. The Hall–Kier alpha value is -1.31. The molecular formula is C9H15N3O3S. The molecule has 0 aromatic heterocycles. The Morgan fingerprint density at radius 3 is 2.50 bits per heavy atom. The van der Waals surface area contributed by atoms with Crippen LogP contribution in [0.3, 0.4) is 0 Å². The molecule has 0 bridgehead atoms. The highest BCUT2D eigenvalue weighted by Crippen LogP contribution is 2.11. The van der Waals surface area contributed by atoms with E-state index in [2.05, 4.69) is 9.44 Å². The summed E-state index contributed by atoms with van der Waals surface area (Å²) in [6.07, 6.45) is 0. The van der Waals surface area contributed by atoms with Crippen LogP contribution in [0.15, 0.2) is 24.3 Å². The average Bonchev–Trinajstić information content (AvgIpc) is 2.21. The van der Waals surface area contributed by atoms with E-state index in [1.54, 1.807) is 24.3 Å². The molecule has 0 heterocycles. The predicted octanol–water partition coefficient (Wildman–Crippen LogP) is 0.161.